The van der Waals surface area contributed by atoms with E-state index < -0.39 is 12.6 Å². The van der Waals surface area contributed by atoms with Gasteiger partial charge in [-0.25, -0.2) is 9.97 Å². The highest BCUT2D eigenvalue weighted by Gasteiger charge is 2.27. The zero-order valence-corrected chi connectivity index (χ0v) is 12.1. The van der Waals surface area contributed by atoms with Gasteiger partial charge in [0.05, 0.1) is 6.10 Å². The topological polar surface area (TPSA) is 38.2 Å². The highest BCUT2D eigenvalue weighted by atomic mass is 19.4. The molecule has 21 heavy (non-hydrogen) atoms. The molecule has 118 valence electrons. The van der Waals surface area contributed by atoms with E-state index in [1.54, 1.807) is 0 Å². The standard InChI is InChI=1S/C14H20F3N3O/c1-20(10-12-4-2-3-9-21-12)13-18-8-6-11(19-13)5-7-14(15,16)17/h6,8,12H,2-5,7,9-10H2,1H3/t12-/m1/s1. The third kappa shape index (κ3) is 5.49. The van der Waals surface area contributed by atoms with Crippen molar-refractivity contribution in [1.82, 2.24) is 9.97 Å². The van der Waals surface area contributed by atoms with Crippen molar-refractivity contribution in [3.05, 3.63) is 18.0 Å². The van der Waals surface area contributed by atoms with Gasteiger partial charge in [-0.15, -0.1) is 0 Å². The first-order valence-corrected chi connectivity index (χ1v) is 7.15. The second-order valence-corrected chi connectivity index (χ2v) is 5.33. The van der Waals surface area contributed by atoms with Gasteiger partial charge in [-0.3, -0.25) is 0 Å². The normalized spacial score (nSPS) is 19.5. The first kappa shape index (κ1) is 16.0. The van der Waals surface area contributed by atoms with Crippen molar-refractivity contribution in [2.24, 2.45) is 0 Å². The third-order valence-electron chi connectivity index (χ3n) is 3.46. The van der Waals surface area contributed by atoms with Crippen LogP contribution in [0.4, 0.5) is 19.1 Å². The molecule has 1 aliphatic heterocycles. The van der Waals surface area contributed by atoms with Gasteiger partial charge in [-0.1, -0.05) is 0 Å². The zero-order chi connectivity index (χ0) is 15.3. The number of aromatic nitrogens is 2. The summed E-state index contributed by atoms with van der Waals surface area (Å²) in [5.41, 5.74) is 0.411. The quantitative estimate of drug-likeness (QED) is 0.838. The summed E-state index contributed by atoms with van der Waals surface area (Å²) in [6, 6.07) is 1.53. The molecule has 2 rings (SSSR count). The Hall–Kier alpha value is -1.37. The molecule has 1 fully saturated rings. The van der Waals surface area contributed by atoms with Crippen LogP contribution in [-0.2, 0) is 11.2 Å². The lowest BCUT2D eigenvalue weighted by molar-refractivity contribution is -0.134. The maximum atomic E-state index is 12.2. The Kier molecular flexibility index (Phi) is 5.39. The molecule has 0 aliphatic carbocycles. The van der Waals surface area contributed by atoms with Gasteiger partial charge in [0.1, 0.15) is 0 Å². The number of halogens is 3. The fourth-order valence-corrected chi connectivity index (χ4v) is 2.32. The van der Waals surface area contributed by atoms with Crippen LogP contribution >= 0.6 is 0 Å². The molecular weight excluding hydrogens is 283 g/mol. The number of hydrogen-bond acceptors (Lipinski definition) is 4. The van der Waals surface area contributed by atoms with E-state index in [1.165, 1.54) is 12.3 Å². The highest BCUT2D eigenvalue weighted by Crippen LogP contribution is 2.22. The molecule has 0 N–H and O–H groups in total. The van der Waals surface area contributed by atoms with Gasteiger partial charge in [-0.05, 0) is 31.7 Å². The third-order valence-corrected chi connectivity index (χ3v) is 3.46. The molecule has 0 amide bonds. The molecule has 0 aromatic carbocycles. The number of aryl methyl sites for hydroxylation is 1. The SMILES string of the molecule is CN(C[C@H]1CCCCO1)c1nccc(CCC(F)(F)F)n1. The van der Waals surface area contributed by atoms with E-state index in [9.17, 15) is 13.2 Å². The van der Waals surface area contributed by atoms with Gasteiger partial charge in [0.15, 0.2) is 0 Å². The van der Waals surface area contributed by atoms with E-state index in [0.717, 1.165) is 25.9 Å². The van der Waals surface area contributed by atoms with Gasteiger partial charge < -0.3 is 9.64 Å². The lowest BCUT2D eigenvalue weighted by Crippen LogP contribution is -2.34. The van der Waals surface area contributed by atoms with Gasteiger partial charge in [-0.2, -0.15) is 13.2 Å². The predicted molar refractivity (Wildman–Crippen MR) is 73.3 cm³/mol. The van der Waals surface area contributed by atoms with Crippen LogP contribution in [0.5, 0.6) is 0 Å². The maximum Gasteiger partial charge on any atom is 0.389 e. The number of alkyl halides is 3. The molecule has 0 saturated carbocycles. The number of rotatable bonds is 5. The number of ether oxygens (including phenoxy) is 1. The average molecular weight is 303 g/mol. The molecule has 1 aromatic heterocycles. The van der Waals surface area contributed by atoms with Gasteiger partial charge in [0.2, 0.25) is 5.95 Å². The van der Waals surface area contributed by atoms with Crippen molar-refractivity contribution in [3.8, 4) is 0 Å². The smallest absolute Gasteiger partial charge is 0.376 e. The molecular formula is C14H20F3N3O. The van der Waals surface area contributed by atoms with Crippen molar-refractivity contribution in [1.29, 1.82) is 0 Å². The molecule has 0 radical (unpaired) electrons. The van der Waals surface area contributed by atoms with Crippen LogP contribution < -0.4 is 4.90 Å². The fourth-order valence-electron chi connectivity index (χ4n) is 2.32. The fraction of sp³-hybridized carbons (Fsp3) is 0.714. The molecule has 0 bridgehead atoms. The lowest BCUT2D eigenvalue weighted by atomic mass is 10.1. The lowest BCUT2D eigenvalue weighted by Gasteiger charge is -2.27. The molecule has 0 unspecified atom stereocenters. The highest BCUT2D eigenvalue weighted by molar-refractivity contribution is 5.29. The minimum absolute atomic E-state index is 0.118. The van der Waals surface area contributed by atoms with Crippen molar-refractivity contribution in [3.63, 3.8) is 0 Å². The van der Waals surface area contributed by atoms with Crippen LogP contribution in [0, 0.1) is 0 Å². The Balaban J connectivity index is 1.92. The molecule has 1 saturated heterocycles. The summed E-state index contributed by atoms with van der Waals surface area (Å²) in [7, 11) is 1.83. The zero-order valence-electron chi connectivity index (χ0n) is 12.1. The molecule has 2 heterocycles. The predicted octanol–water partition coefficient (Wildman–Crippen LogP) is 2.98. The number of anilines is 1. The van der Waals surface area contributed by atoms with Crippen molar-refractivity contribution in [2.45, 2.75) is 44.4 Å². The second-order valence-electron chi connectivity index (χ2n) is 5.33. The van der Waals surface area contributed by atoms with E-state index in [1.807, 2.05) is 11.9 Å². The summed E-state index contributed by atoms with van der Waals surface area (Å²) in [5, 5.41) is 0. The van der Waals surface area contributed by atoms with E-state index in [4.69, 9.17) is 4.74 Å². The van der Waals surface area contributed by atoms with E-state index in [-0.39, 0.29) is 12.5 Å². The summed E-state index contributed by atoms with van der Waals surface area (Å²) in [6.45, 7) is 1.42. The Morgan fingerprint density at radius 3 is 2.86 bits per heavy atom. The molecule has 1 aromatic rings. The summed E-state index contributed by atoms with van der Waals surface area (Å²) >= 11 is 0. The Labute approximate surface area is 122 Å². The average Bonchev–Trinajstić information content (AvgIpc) is 2.46. The van der Waals surface area contributed by atoms with Gasteiger partial charge in [0.25, 0.3) is 0 Å². The van der Waals surface area contributed by atoms with E-state index >= 15 is 0 Å². The van der Waals surface area contributed by atoms with Crippen LogP contribution in [0.3, 0.4) is 0 Å². The summed E-state index contributed by atoms with van der Waals surface area (Å²) < 4.78 is 42.4. The summed E-state index contributed by atoms with van der Waals surface area (Å²) in [6.07, 6.45) is -0.261. The summed E-state index contributed by atoms with van der Waals surface area (Å²) in [4.78, 5) is 10.2. The van der Waals surface area contributed by atoms with Crippen molar-refractivity contribution in [2.75, 3.05) is 25.1 Å². The molecule has 0 spiro atoms. The number of nitrogens with zero attached hydrogens (tertiary/aromatic N) is 3. The second kappa shape index (κ2) is 7.06. The van der Waals surface area contributed by atoms with Crippen LogP contribution in [-0.4, -0.2) is 42.4 Å². The van der Waals surface area contributed by atoms with Crippen molar-refractivity contribution >= 4 is 5.95 Å². The van der Waals surface area contributed by atoms with E-state index in [2.05, 4.69) is 9.97 Å². The molecule has 1 atom stereocenters. The first-order valence-electron chi connectivity index (χ1n) is 7.15. The van der Waals surface area contributed by atoms with E-state index in [0.29, 0.717) is 18.2 Å². The number of likely N-dealkylation sites (N-methyl/N-ethyl adjacent to an activating group) is 1. The Morgan fingerprint density at radius 1 is 1.38 bits per heavy atom. The van der Waals surface area contributed by atoms with Gasteiger partial charge in [0, 0.05) is 38.5 Å². The van der Waals surface area contributed by atoms with Crippen LogP contribution in [0.15, 0.2) is 12.3 Å². The first-order chi connectivity index (χ1) is 9.94. The minimum Gasteiger partial charge on any atom is -0.376 e. The maximum absolute atomic E-state index is 12.2. The molecule has 4 nitrogen and oxygen atoms in total. The van der Waals surface area contributed by atoms with Crippen LogP contribution in [0.1, 0.15) is 31.4 Å². The number of hydrogen-bond donors (Lipinski definition) is 0. The Bertz CT molecular complexity index is 447. The molecule has 1 aliphatic rings. The largest absolute Gasteiger partial charge is 0.389 e. The van der Waals surface area contributed by atoms with Crippen LogP contribution in [0.2, 0.25) is 0 Å². The van der Waals surface area contributed by atoms with Crippen molar-refractivity contribution < 1.29 is 17.9 Å². The minimum atomic E-state index is -4.16. The molecule has 7 heteroatoms. The Morgan fingerprint density at radius 2 is 2.19 bits per heavy atom. The summed E-state index contributed by atoms with van der Waals surface area (Å²) in [5.74, 6) is 0.448. The van der Waals surface area contributed by atoms with Crippen LogP contribution in [0.25, 0.3) is 0 Å². The monoisotopic (exact) mass is 303 g/mol. The van der Waals surface area contributed by atoms with Gasteiger partial charge >= 0.3 is 6.18 Å².